The van der Waals surface area contributed by atoms with Crippen LogP contribution in [0.1, 0.15) is 25.8 Å². The van der Waals surface area contributed by atoms with Gasteiger partial charge in [0.25, 0.3) is 0 Å². The largest absolute Gasteiger partial charge is 0.480 e. The highest BCUT2D eigenvalue weighted by molar-refractivity contribution is 5.79. The van der Waals surface area contributed by atoms with Gasteiger partial charge in [-0.25, -0.2) is 9.59 Å². The number of carbonyl (C=O) groups excluding carboxylic acids is 1. The summed E-state index contributed by atoms with van der Waals surface area (Å²) in [7, 11) is 0. The smallest absolute Gasteiger partial charge is 0.408 e. The highest BCUT2D eigenvalue weighted by atomic mass is 16.5. The fourth-order valence-corrected chi connectivity index (χ4v) is 1.59. The molecule has 1 aromatic carbocycles. The molecule has 1 unspecified atom stereocenters. The first-order valence-corrected chi connectivity index (χ1v) is 6.80. The van der Waals surface area contributed by atoms with E-state index in [-0.39, 0.29) is 25.7 Å². The van der Waals surface area contributed by atoms with E-state index in [1.165, 1.54) is 0 Å². The minimum absolute atomic E-state index is 0.0180. The molecular formula is C15H21NO5. The Kier molecular flexibility index (Phi) is 7.25. The zero-order valence-corrected chi connectivity index (χ0v) is 12.2. The van der Waals surface area contributed by atoms with Crippen molar-refractivity contribution in [3.63, 3.8) is 0 Å². The van der Waals surface area contributed by atoms with E-state index in [1.807, 2.05) is 44.2 Å². The maximum absolute atomic E-state index is 11.6. The van der Waals surface area contributed by atoms with Gasteiger partial charge in [-0.05, 0) is 19.4 Å². The van der Waals surface area contributed by atoms with Crippen LogP contribution in [0.4, 0.5) is 4.79 Å². The lowest BCUT2D eigenvalue weighted by Crippen LogP contribution is -2.41. The number of ether oxygens (including phenoxy) is 2. The van der Waals surface area contributed by atoms with Crippen molar-refractivity contribution >= 4 is 12.1 Å². The topological polar surface area (TPSA) is 84.9 Å². The first kappa shape index (κ1) is 17.0. The Hall–Kier alpha value is -2.08. The second kappa shape index (κ2) is 8.97. The van der Waals surface area contributed by atoms with Crippen molar-refractivity contribution in [3.8, 4) is 0 Å². The molecule has 0 heterocycles. The molecule has 0 radical (unpaired) electrons. The summed E-state index contributed by atoms with van der Waals surface area (Å²) in [5.74, 6) is -1.11. The van der Waals surface area contributed by atoms with Crippen LogP contribution in [0.5, 0.6) is 0 Å². The van der Waals surface area contributed by atoms with Crippen LogP contribution in [0.3, 0.4) is 0 Å². The number of benzene rings is 1. The van der Waals surface area contributed by atoms with Crippen molar-refractivity contribution in [2.75, 3.05) is 6.61 Å². The van der Waals surface area contributed by atoms with E-state index < -0.39 is 18.1 Å². The predicted molar refractivity (Wildman–Crippen MR) is 76.9 cm³/mol. The molecule has 1 atom stereocenters. The molecule has 6 nitrogen and oxygen atoms in total. The quantitative estimate of drug-likeness (QED) is 0.768. The lowest BCUT2D eigenvalue weighted by Gasteiger charge is -2.15. The van der Waals surface area contributed by atoms with Crippen molar-refractivity contribution in [3.05, 3.63) is 35.9 Å². The number of hydrogen-bond donors (Lipinski definition) is 2. The van der Waals surface area contributed by atoms with Gasteiger partial charge in [0.05, 0.1) is 6.10 Å². The first-order valence-electron chi connectivity index (χ1n) is 6.80. The Labute approximate surface area is 124 Å². The summed E-state index contributed by atoms with van der Waals surface area (Å²) in [4.78, 5) is 22.6. The summed E-state index contributed by atoms with van der Waals surface area (Å²) in [5, 5.41) is 11.4. The van der Waals surface area contributed by atoms with E-state index in [9.17, 15) is 9.59 Å². The molecule has 0 aromatic heterocycles. The maximum atomic E-state index is 11.6. The molecule has 1 rings (SSSR count). The number of rotatable bonds is 8. The van der Waals surface area contributed by atoms with Crippen molar-refractivity contribution < 1.29 is 24.2 Å². The fourth-order valence-electron chi connectivity index (χ4n) is 1.59. The van der Waals surface area contributed by atoms with E-state index in [1.54, 1.807) is 0 Å². The Morgan fingerprint density at radius 1 is 1.24 bits per heavy atom. The molecular weight excluding hydrogens is 274 g/mol. The minimum Gasteiger partial charge on any atom is -0.480 e. The molecule has 2 N–H and O–H groups in total. The first-order chi connectivity index (χ1) is 9.99. The molecule has 6 heteroatoms. The number of alkyl carbamates (subject to hydrolysis) is 1. The molecule has 0 saturated heterocycles. The molecule has 116 valence electrons. The standard InChI is InChI=1S/C15H21NO5/c1-11(2)20-9-8-13(14(17)18)16-15(19)21-10-12-6-4-3-5-7-12/h3-7,11,13H,8-10H2,1-2H3,(H,16,19)(H,17,18). The number of hydrogen-bond acceptors (Lipinski definition) is 4. The van der Waals surface area contributed by atoms with Crippen molar-refractivity contribution in [1.29, 1.82) is 0 Å². The lowest BCUT2D eigenvalue weighted by atomic mass is 10.2. The Bertz CT molecular complexity index is 447. The molecule has 0 aliphatic carbocycles. The summed E-state index contributed by atoms with van der Waals surface area (Å²) in [5.41, 5.74) is 0.836. The third kappa shape index (κ3) is 7.31. The van der Waals surface area contributed by atoms with Crippen LogP contribution in [0, 0.1) is 0 Å². The highest BCUT2D eigenvalue weighted by Crippen LogP contribution is 2.02. The van der Waals surface area contributed by atoms with E-state index in [0.717, 1.165) is 5.56 Å². The average Bonchev–Trinajstić information content (AvgIpc) is 2.44. The van der Waals surface area contributed by atoms with Crippen LogP contribution in [0.15, 0.2) is 30.3 Å². The molecule has 0 bridgehead atoms. The van der Waals surface area contributed by atoms with E-state index in [2.05, 4.69) is 5.32 Å². The summed E-state index contributed by atoms with van der Waals surface area (Å²) in [6, 6.07) is 8.14. The van der Waals surface area contributed by atoms with Crippen LogP contribution in [0.2, 0.25) is 0 Å². The molecule has 21 heavy (non-hydrogen) atoms. The lowest BCUT2D eigenvalue weighted by molar-refractivity contribution is -0.140. The molecule has 0 fully saturated rings. The van der Waals surface area contributed by atoms with Gasteiger partial charge in [0, 0.05) is 13.0 Å². The van der Waals surface area contributed by atoms with Crippen LogP contribution < -0.4 is 5.32 Å². The number of nitrogens with one attached hydrogen (secondary N) is 1. The number of carboxylic acids is 1. The fraction of sp³-hybridized carbons (Fsp3) is 0.467. The maximum Gasteiger partial charge on any atom is 0.408 e. The molecule has 1 amide bonds. The molecule has 0 aliphatic rings. The van der Waals surface area contributed by atoms with Gasteiger partial charge in [0.2, 0.25) is 0 Å². The summed E-state index contributed by atoms with van der Waals surface area (Å²) in [6.07, 6.45) is -0.547. The molecule has 0 aliphatic heterocycles. The van der Waals surface area contributed by atoms with Gasteiger partial charge in [0.1, 0.15) is 12.6 Å². The second-order valence-corrected chi connectivity index (χ2v) is 4.81. The normalized spacial score (nSPS) is 12.0. The van der Waals surface area contributed by atoms with Gasteiger partial charge >= 0.3 is 12.1 Å². The van der Waals surface area contributed by atoms with Crippen molar-refractivity contribution in [1.82, 2.24) is 5.32 Å². The van der Waals surface area contributed by atoms with Crippen LogP contribution in [-0.2, 0) is 20.9 Å². The number of amides is 1. The van der Waals surface area contributed by atoms with Crippen molar-refractivity contribution in [2.24, 2.45) is 0 Å². The van der Waals surface area contributed by atoms with E-state index in [0.29, 0.717) is 0 Å². The summed E-state index contributed by atoms with van der Waals surface area (Å²) < 4.78 is 10.3. The van der Waals surface area contributed by atoms with Gasteiger partial charge in [-0.2, -0.15) is 0 Å². The summed E-state index contributed by atoms with van der Waals surface area (Å²) >= 11 is 0. The Morgan fingerprint density at radius 2 is 1.90 bits per heavy atom. The monoisotopic (exact) mass is 295 g/mol. The average molecular weight is 295 g/mol. The van der Waals surface area contributed by atoms with E-state index >= 15 is 0 Å². The van der Waals surface area contributed by atoms with Gasteiger partial charge in [-0.15, -0.1) is 0 Å². The minimum atomic E-state index is -1.11. The molecule has 0 spiro atoms. The third-order valence-electron chi connectivity index (χ3n) is 2.66. The third-order valence-corrected chi connectivity index (χ3v) is 2.66. The van der Waals surface area contributed by atoms with Gasteiger partial charge < -0.3 is 19.9 Å². The SMILES string of the molecule is CC(C)OCCC(NC(=O)OCc1ccccc1)C(=O)O. The number of aliphatic carboxylic acids is 1. The molecule has 1 aromatic rings. The summed E-state index contributed by atoms with van der Waals surface area (Å²) in [6.45, 7) is 4.07. The molecule has 0 saturated carbocycles. The van der Waals surface area contributed by atoms with Gasteiger partial charge in [-0.1, -0.05) is 30.3 Å². The van der Waals surface area contributed by atoms with Crippen molar-refractivity contribution in [2.45, 2.75) is 39.0 Å². The van der Waals surface area contributed by atoms with Crippen LogP contribution in [0.25, 0.3) is 0 Å². The van der Waals surface area contributed by atoms with Crippen LogP contribution >= 0.6 is 0 Å². The predicted octanol–water partition coefficient (Wildman–Crippen LogP) is 2.18. The van der Waals surface area contributed by atoms with Crippen LogP contribution in [-0.4, -0.2) is 35.9 Å². The second-order valence-electron chi connectivity index (χ2n) is 4.81. The van der Waals surface area contributed by atoms with Gasteiger partial charge in [-0.3, -0.25) is 0 Å². The Balaban J connectivity index is 2.36. The number of carbonyl (C=O) groups is 2. The highest BCUT2D eigenvalue weighted by Gasteiger charge is 2.20. The van der Waals surface area contributed by atoms with Gasteiger partial charge in [0.15, 0.2) is 0 Å². The zero-order chi connectivity index (χ0) is 15.7. The zero-order valence-electron chi connectivity index (χ0n) is 12.2. The Morgan fingerprint density at radius 3 is 2.48 bits per heavy atom. The number of carboxylic acid groups (broad SMARTS) is 1. The van der Waals surface area contributed by atoms with E-state index in [4.69, 9.17) is 14.6 Å².